The number of rotatable bonds is 62. The van der Waals surface area contributed by atoms with Crippen LogP contribution >= 0.6 is 15.6 Å². The fourth-order valence-electron chi connectivity index (χ4n) is 9.45. The quantitative estimate of drug-likeness (QED) is 0.0222. The maximum atomic E-state index is 13.0. The summed E-state index contributed by atoms with van der Waals surface area (Å²) in [4.78, 5) is 72.1. The van der Waals surface area contributed by atoms with E-state index in [1.54, 1.807) is 0 Å². The second kappa shape index (κ2) is 55.4. The van der Waals surface area contributed by atoms with Crippen molar-refractivity contribution >= 4 is 39.5 Å². The van der Waals surface area contributed by atoms with Gasteiger partial charge in [0.05, 0.1) is 26.4 Å². The molecule has 17 nitrogen and oxygen atoms in total. The van der Waals surface area contributed by atoms with Crippen molar-refractivity contribution in [2.45, 2.75) is 330 Å². The summed E-state index contributed by atoms with van der Waals surface area (Å²) in [6, 6.07) is 0. The molecule has 0 saturated carbocycles. The molecular weight excluding hydrogens is 1100 g/mol. The van der Waals surface area contributed by atoms with Crippen LogP contribution in [0.5, 0.6) is 0 Å². The van der Waals surface area contributed by atoms with Crippen LogP contribution in [0.3, 0.4) is 0 Å². The van der Waals surface area contributed by atoms with Crippen molar-refractivity contribution in [3.8, 4) is 0 Å². The zero-order valence-electron chi connectivity index (χ0n) is 53.6. The number of esters is 4. The second-order valence-corrected chi connectivity index (χ2v) is 27.3. The van der Waals surface area contributed by atoms with Gasteiger partial charge in [0.25, 0.3) is 0 Å². The van der Waals surface area contributed by atoms with Gasteiger partial charge < -0.3 is 33.8 Å². The Balaban J connectivity index is 5.23. The van der Waals surface area contributed by atoms with Crippen LogP contribution in [0.25, 0.3) is 0 Å². The molecule has 0 aromatic carbocycles. The first-order chi connectivity index (χ1) is 39.8. The van der Waals surface area contributed by atoms with E-state index in [1.165, 1.54) is 109 Å². The fraction of sp³-hybridized carbons (Fsp3) is 0.938. The minimum absolute atomic E-state index is 0.104. The Bertz CT molecular complexity index is 1650. The van der Waals surface area contributed by atoms with Crippen molar-refractivity contribution in [3.05, 3.63) is 0 Å². The van der Waals surface area contributed by atoms with Crippen LogP contribution < -0.4 is 0 Å². The third kappa shape index (κ3) is 57.6. The van der Waals surface area contributed by atoms with Crippen molar-refractivity contribution in [1.82, 2.24) is 0 Å². The van der Waals surface area contributed by atoms with Crippen LogP contribution in [-0.4, -0.2) is 96.7 Å². The molecule has 3 N–H and O–H groups in total. The lowest BCUT2D eigenvalue weighted by molar-refractivity contribution is -0.161. The van der Waals surface area contributed by atoms with E-state index in [1.807, 2.05) is 0 Å². The zero-order chi connectivity index (χ0) is 61.7. The summed E-state index contributed by atoms with van der Waals surface area (Å²) < 4.78 is 67.9. The van der Waals surface area contributed by atoms with Crippen LogP contribution in [0.4, 0.5) is 0 Å². The monoisotopic (exact) mass is 1230 g/mol. The minimum Gasteiger partial charge on any atom is -0.462 e. The molecule has 6 atom stereocenters. The van der Waals surface area contributed by atoms with Gasteiger partial charge >= 0.3 is 39.5 Å². The average molecular weight is 1230 g/mol. The van der Waals surface area contributed by atoms with E-state index in [2.05, 4.69) is 48.5 Å². The van der Waals surface area contributed by atoms with Gasteiger partial charge in [-0.25, -0.2) is 9.13 Å². The Kier molecular flexibility index (Phi) is 54.1. The summed E-state index contributed by atoms with van der Waals surface area (Å²) in [7, 11) is -9.88. The maximum Gasteiger partial charge on any atom is 0.472 e. The first kappa shape index (κ1) is 81.1. The lowest BCUT2D eigenvalue weighted by Crippen LogP contribution is -2.30. The topological polar surface area (TPSA) is 237 Å². The molecule has 0 fully saturated rings. The number of aliphatic hydroxyl groups excluding tert-OH is 1. The summed E-state index contributed by atoms with van der Waals surface area (Å²) in [6.45, 7) is 11.7. The number of unbranched alkanes of at least 4 members (excludes halogenated alkanes) is 29. The van der Waals surface area contributed by atoms with Crippen molar-refractivity contribution in [3.63, 3.8) is 0 Å². The largest absolute Gasteiger partial charge is 0.472 e. The minimum atomic E-state index is -4.95. The van der Waals surface area contributed by atoms with E-state index < -0.39 is 97.5 Å². The molecular formula is C64H124O17P2. The Morgan fingerprint density at radius 2 is 0.614 bits per heavy atom. The second-order valence-electron chi connectivity index (χ2n) is 24.3. The van der Waals surface area contributed by atoms with Gasteiger partial charge in [0.2, 0.25) is 0 Å². The molecule has 3 unspecified atom stereocenters. The third-order valence-corrected chi connectivity index (χ3v) is 16.9. The Morgan fingerprint density at radius 1 is 0.349 bits per heavy atom. The number of phosphoric acid groups is 2. The molecule has 0 bridgehead atoms. The van der Waals surface area contributed by atoms with E-state index in [0.717, 1.165) is 120 Å². The molecule has 0 amide bonds. The van der Waals surface area contributed by atoms with Crippen molar-refractivity contribution in [1.29, 1.82) is 0 Å². The summed E-state index contributed by atoms with van der Waals surface area (Å²) in [5.41, 5.74) is 0. The summed E-state index contributed by atoms with van der Waals surface area (Å²) in [6.07, 6.45) is 36.3. The SMILES string of the molecule is CCCCCCCCCC(=O)OC[C@H](COP(=O)(O)OC[C@H](O)COP(=O)(O)OC[C@@H](COC(=O)CCCCCCCCCCC(C)C)OC(=O)CCCCCCCCCCCCC(C)CC)OC(=O)CCCCCCCCCCC(C)C. The van der Waals surface area contributed by atoms with E-state index >= 15 is 0 Å². The molecule has 0 aromatic heterocycles. The molecule has 0 heterocycles. The summed E-state index contributed by atoms with van der Waals surface area (Å²) in [5, 5.41) is 10.5. The molecule has 0 radical (unpaired) electrons. The normalized spacial score (nSPS) is 14.7. The van der Waals surface area contributed by atoms with Crippen molar-refractivity contribution in [2.24, 2.45) is 17.8 Å². The van der Waals surface area contributed by atoms with Crippen molar-refractivity contribution < 1.29 is 80.2 Å². The summed E-state index contributed by atoms with van der Waals surface area (Å²) >= 11 is 0. The molecule has 0 aliphatic heterocycles. The molecule has 83 heavy (non-hydrogen) atoms. The van der Waals surface area contributed by atoms with Crippen molar-refractivity contribution in [2.75, 3.05) is 39.6 Å². The number of carbonyl (C=O) groups is 4. The highest BCUT2D eigenvalue weighted by Crippen LogP contribution is 2.45. The summed E-state index contributed by atoms with van der Waals surface area (Å²) in [5.74, 6) is 0.107. The van der Waals surface area contributed by atoms with Gasteiger partial charge in [-0.1, -0.05) is 260 Å². The van der Waals surface area contributed by atoms with Crippen LogP contribution in [0.15, 0.2) is 0 Å². The maximum absolute atomic E-state index is 13.0. The van der Waals surface area contributed by atoms with Crippen LogP contribution in [0.2, 0.25) is 0 Å². The standard InChI is InChI=1S/C64H124O17P2/c1-8-10-11-12-21-31-38-45-61(66)74-51-59(81-64(69)48-41-34-27-20-18-23-29-36-43-56(5)6)53-78-82(70,71)76-49-58(65)50-77-83(72,73)79-54-60(52-75-62(67)46-39-32-25-19-17-22-28-35-42-55(3)4)80-63(68)47-40-33-26-16-14-13-15-24-30-37-44-57(7)9-2/h55-60,65H,8-54H2,1-7H3,(H,70,71)(H,72,73)/t57?,58-,59+,60+/m0/s1. The van der Waals surface area contributed by atoms with Gasteiger partial charge in [-0.2, -0.15) is 0 Å². The van der Waals surface area contributed by atoms with E-state index in [4.69, 9.17) is 37.0 Å². The predicted molar refractivity (Wildman–Crippen MR) is 331 cm³/mol. The molecule has 0 aliphatic carbocycles. The Labute approximate surface area is 505 Å². The van der Waals surface area contributed by atoms with Gasteiger partial charge in [-0.3, -0.25) is 37.3 Å². The third-order valence-electron chi connectivity index (χ3n) is 15.0. The Hall–Kier alpha value is -1.94. The van der Waals surface area contributed by atoms with Crippen LogP contribution in [0, 0.1) is 17.8 Å². The lowest BCUT2D eigenvalue weighted by Gasteiger charge is -2.21. The van der Waals surface area contributed by atoms with Gasteiger partial charge in [-0.15, -0.1) is 0 Å². The highest BCUT2D eigenvalue weighted by molar-refractivity contribution is 7.47. The smallest absolute Gasteiger partial charge is 0.462 e. The zero-order valence-corrected chi connectivity index (χ0v) is 55.4. The van der Waals surface area contributed by atoms with E-state index in [9.17, 15) is 43.2 Å². The highest BCUT2D eigenvalue weighted by Gasteiger charge is 2.30. The highest BCUT2D eigenvalue weighted by atomic mass is 31.2. The molecule has 0 rings (SSSR count). The van der Waals surface area contributed by atoms with Gasteiger partial charge in [-0.05, 0) is 43.4 Å². The first-order valence-corrected chi connectivity index (χ1v) is 36.4. The number of hydrogen-bond donors (Lipinski definition) is 3. The molecule has 492 valence electrons. The molecule has 0 aliphatic rings. The number of aliphatic hydroxyl groups is 1. The van der Waals surface area contributed by atoms with Gasteiger partial charge in [0, 0.05) is 25.7 Å². The fourth-order valence-corrected chi connectivity index (χ4v) is 11.0. The predicted octanol–water partition coefficient (Wildman–Crippen LogP) is 17.5. The molecule has 19 heteroatoms. The van der Waals surface area contributed by atoms with Gasteiger partial charge in [0.1, 0.15) is 19.3 Å². The van der Waals surface area contributed by atoms with Gasteiger partial charge in [0.15, 0.2) is 12.2 Å². The number of carbonyl (C=O) groups excluding carboxylic acids is 4. The average Bonchev–Trinajstić information content (AvgIpc) is 3.49. The molecule has 0 saturated heterocycles. The van der Waals surface area contributed by atoms with Crippen LogP contribution in [-0.2, 0) is 65.4 Å². The van der Waals surface area contributed by atoms with E-state index in [-0.39, 0.29) is 25.7 Å². The lowest BCUT2D eigenvalue weighted by atomic mass is 9.99. The first-order valence-electron chi connectivity index (χ1n) is 33.4. The number of hydrogen-bond acceptors (Lipinski definition) is 15. The molecule has 0 aromatic rings. The number of phosphoric ester groups is 2. The Morgan fingerprint density at radius 3 is 0.916 bits per heavy atom. The molecule has 0 spiro atoms. The van der Waals surface area contributed by atoms with Crippen LogP contribution in [0.1, 0.15) is 312 Å². The number of ether oxygens (including phenoxy) is 4. The van der Waals surface area contributed by atoms with E-state index in [0.29, 0.717) is 25.7 Å².